The van der Waals surface area contributed by atoms with E-state index in [-0.39, 0.29) is 12.5 Å². The quantitative estimate of drug-likeness (QED) is 0.0422. The van der Waals surface area contributed by atoms with E-state index < -0.39 is 12.1 Å². The second-order valence-electron chi connectivity index (χ2n) is 17.9. The lowest BCUT2D eigenvalue weighted by molar-refractivity contribution is -0.123. The normalized spacial score (nSPS) is 13.3. The van der Waals surface area contributed by atoms with Gasteiger partial charge in [0.15, 0.2) is 0 Å². The molecule has 60 heavy (non-hydrogen) atoms. The Morgan fingerprint density at radius 1 is 0.417 bits per heavy atom. The molecule has 0 radical (unpaired) electrons. The highest BCUT2D eigenvalue weighted by atomic mass is 16.3. The van der Waals surface area contributed by atoms with Crippen molar-refractivity contribution in [1.82, 2.24) is 5.32 Å². The van der Waals surface area contributed by atoms with Gasteiger partial charge in [0.25, 0.3) is 0 Å². The molecule has 1 amide bonds. The second kappa shape index (κ2) is 51.4. The summed E-state index contributed by atoms with van der Waals surface area (Å²) in [6.07, 6.45) is 72.3. The molecule has 4 heteroatoms. The van der Waals surface area contributed by atoms with E-state index >= 15 is 0 Å². The van der Waals surface area contributed by atoms with Crippen molar-refractivity contribution in [1.29, 1.82) is 0 Å². The summed E-state index contributed by atoms with van der Waals surface area (Å²) < 4.78 is 0. The number of aliphatic hydroxyl groups is 2. The fraction of sp³-hybridized carbons (Fsp3) is 0.804. The molecule has 3 N–H and O–H groups in total. The third-order valence-corrected chi connectivity index (χ3v) is 12.0. The van der Waals surface area contributed by atoms with E-state index in [1.54, 1.807) is 6.08 Å². The van der Waals surface area contributed by atoms with Gasteiger partial charge < -0.3 is 15.5 Å². The lowest BCUT2D eigenvalue weighted by Crippen LogP contribution is -2.45. The molecule has 0 saturated heterocycles. The van der Waals surface area contributed by atoms with Crippen LogP contribution in [0.4, 0.5) is 0 Å². The fourth-order valence-electron chi connectivity index (χ4n) is 7.99. The third-order valence-electron chi connectivity index (χ3n) is 12.0. The van der Waals surface area contributed by atoms with E-state index in [9.17, 15) is 15.0 Å². The monoisotopic (exact) mass is 838 g/mol. The minimum absolute atomic E-state index is 0.0618. The molecule has 0 rings (SSSR count). The van der Waals surface area contributed by atoms with Crippen LogP contribution in [0, 0.1) is 0 Å². The van der Waals surface area contributed by atoms with Gasteiger partial charge in [-0.2, -0.15) is 0 Å². The summed E-state index contributed by atoms with van der Waals surface area (Å²) in [5.74, 6) is -0.0618. The molecule has 2 unspecified atom stereocenters. The highest BCUT2D eigenvalue weighted by molar-refractivity contribution is 5.76. The van der Waals surface area contributed by atoms with Gasteiger partial charge in [0.2, 0.25) is 5.91 Å². The zero-order chi connectivity index (χ0) is 43.5. The van der Waals surface area contributed by atoms with Crippen molar-refractivity contribution < 1.29 is 15.0 Å². The highest BCUT2D eigenvalue weighted by Gasteiger charge is 2.18. The van der Waals surface area contributed by atoms with Gasteiger partial charge in [-0.15, -0.1) is 0 Å². The maximum atomic E-state index is 12.4. The minimum Gasteiger partial charge on any atom is -0.394 e. The SMILES string of the molecule is CC/C=C\C/C=C\C/C=C\C/C=C\CCCCCCCCCCCCCCCCCCCCCCCCC(=O)NC(CO)C(O)/C=C/CCCCCCCCCCCCC. The predicted octanol–water partition coefficient (Wildman–Crippen LogP) is 17.2. The molecule has 0 fully saturated rings. The number of amides is 1. The minimum atomic E-state index is -0.837. The number of allylic oxidation sites excluding steroid dienone is 9. The van der Waals surface area contributed by atoms with Gasteiger partial charge in [0, 0.05) is 6.42 Å². The van der Waals surface area contributed by atoms with Crippen molar-refractivity contribution in [3.8, 4) is 0 Å². The number of hydrogen-bond acceptors (Lipinski definition) is 3. The Kier molecular flexibility index (Phi) is 49.8. The number of nitrogens with one attached hydrogen (secondary N) is 1. The number of rotatable bonds is 48. The Morgan fingerprint density at radius 3 is 1.10 bits per heavy atom. The zero-order valence-electron chi connectivity index (χ0n) is 40.2. The maximum absolute atomic E-state index is 12.4. The Bertz CT molecular complexity index is 996. The Morgan fingerprint density at radius 2 is 0.733 bits per heavy atom. The summed E-state index contributed by atoms with van der Waals surface area (Å²) in [7, 11) is 0. The summed E-state index contributed by atoms with van der Waals surface area (Å²) in [5.41, 5.74) is 0. The zero-order valence-corrected chi connectivity index (χ0v) is 40.2. The number of hydrogen-bond donors (Lipinski definition) is 3. The standard InChI is InChI=1S/C56H103NO3/c1-3-5-7-9-11-13-15-17-18-19-20-21-22-23-24-25-26-27-28-29-30-31-32-33-34-35-36-37-38-40-42-44-46-48-50-52-56(60)57-54(53-58)55(59)51-49-47-45-43-41-39-16-14-12-10-8-6-4-2/h5,7,11,13,17-18,20-21,49,51,54-55,58-59H,3-4,6,8-10,12,14-16,19,22-48,50,52-53H2,1-2H3,(H,57,60)/b7-5-,13-11-,18-17-,21-20-,51-49+. The predicted molar refractivity (Wildman–Crippen MR) is 267 cm³/mol. The van der Waals surface area contributed by atoms with Gasteiger partial charge in [-0.25, -0.2) is 0 Å². The van der Waals surface area contributed by atoms with Crippen LogP contribution >= 0.6 is 0 Å². The molecule has 0 heterocycles. The molecule has 0 aromatic carbocycles. The first kappa shape index (κ1) is 58.1. The summed E-state index contributed by atoms with van der Waals surface area (Å²) in [5, 5.41) is 23.1. The maximum Gasteiger partial charge on any atom is 0.220 e. The van der Waals surface area contributed by atoms with Crippen LogP contribution in [0.5, 0.6) is 0 Å². The van der Waals surface area contributed by atoms with Crippen LogP contribution in [0.3, 0.4) is 0 Å². The Hall–Kier alpha value is -1.91. The first-order valence-electron chi connectivity index (χ1n) is 26.5. The molecule has 0 aromatic rings. The lowest BCUT2D eigenvalue weighted by Gasteiger charge is -2.20. The molecule has 0 bridgehead atoms. The van der Waals surface area contributed by atoms with Crippen molar-refractivity contribution in [2.45, 2.75) is 283 Å². The van der Waals surface area contributed by atoms with Gasteiger partial charge in [0.1, 0.15) is 0 Å². The molecular weight excluding hydrogens is 735 g/mol. The van der Waals surface area contributed by atoms with Crippen molar-refractivity contribution in [3.63, 3.8) is 0 Å². The Balaban J connectivity index is 3.43. The first-order valence-corrected chi connectivity index (χ1v) is 26.5. The van der Waals surface area contributed by atoms with E-state index in [2.05, 4.69) is 67.8 Å². The van der Waals surface area contributed by atoms with E-state index in [1.165, 1.54) is 199 Å². The fourth-order valence-corrected chi connectivity index (χ4v) is 7.99. The molecule has 0 saturated carbocycles. The summed E-state index contributed by atoms with van der Waals surface area (Å²) >= 11 is 0. The molecule has 0 spiro atoms. The van der Waals surface area contributed by atoms with Gasteiger partial charge in [-0.3, -0.25) is 4.79 Å². The van der Waals surface area contributed by atoms with Crippen LogP contribution in [-0.2, 0) is 4.79 Å². The van der Waals surface area contributed by atoms with Gasteiger partial charge in [0.05, 0.1) is 18.8 Å². The van der Waals surface area contributed by atoms with Crippen molar-refractivity contribution in [3.05, 3.63) is 60.8 Å². The molecule has 0 aliphatic rings. The summed E-state index contributed by atoms with van der Waals surface area (Å²) in [4.78, 5) is 12.4. The average molecular weight is 838 g/mol. The van der Waals surface area contributed by atoms with Crippen LogP contribution in [-0.4, -0.2) is 34.9 Å². The van der Waals surface area contributed by atoms with Crippen LogP contribution < -0.4 is 5.32 Å². The summed E-state index contributed by atoms with van der Waals surface area (Å²) in [6, 6.07) is -0.620. The molecule has 350 valence electrons. The van der Waals surface area contributed by atoms with Crippen LogP contribution in [0.1, 0.15) is 271 Å². The van der Waals surface area contributed by atoms with Crippen LogP contribution in [0.25, 0.3) is 0 Å². The van der Waals surface area contributed by atoms with Crippen LogP contribution in [0.15, 0.2) is 60.8 Å². The first-order chi connectivity index (χ1) is 29.7. The van der Waals surface area contributed by atoms with E-state index in [0.717, 1.165) is 51.4 Å². The topological polar surface area (TPSA) is 69.6 Å². The number of unbranched alkanes of at least 4 members (excludes halogenated alkanes) is 33. The number of carbonyl (C=O) groups is 1. The van der Waals surface area contributed by atoms with E-state index in [0.29, 0.717) is 6.42 Å². The third kappa shape index (κ3) is 47.1. The van der Waals surface area contributed by atoms with Gasteiger partial charge >= 0.3 is 0 Å². The summed E-state index contributed by atoms with van der Waals surface area (Å²) in [6.45, 7) is 4.20. The lowest BCUT2D eigenvalue weighted by atomic mass is 10.0. The smallest absolute Gasteiger partial charge is 0.220 e. The van der Waals surface area contributed by atoms with E-state index in [4.69, 9.17) is 0 Å². The molecule has 4 nitrogen and oxygen atoms in total. The number of aliphatic hydroxyl groups excluding tert-OH is 2. The molecular formula is C56H103NO3. The van der Waals surface area contributed by atoms with Crippen LogP contribution in [0.2, 0.25) is 0 Å². The van der Waals surface area contributed by atoms with Gasteiger partial charge in [-0.05, 0) is 57.8 Å². The Labute approximate surface area is 375 Å². The molecule has 2 atom stereocenters. The van der Waals surface area contributed by atoms with Crippen molar-refractivity contribution in [2.75, 3.05) is 6.61 Å². The number of carbonyl (C=O) groups excluding carboxylic acids is 1. The molecule has 0 aromatic heterocycles. The molecule has 0 aliphatic carbocycles. The van der Waals surface area contributed by atoms with Gasteiger partial charge in [-0.1, -0.05) is 267 Å². The highest BCUT2D eigenvalue weighted by Crippen LogP contribution is 2.17. The van der Waals surface area contributed by atoms with E-state index in [1.807, 2.05) is 6.08 Å². The average Bonchev–Trinajstić information content (AvgIpc) is 3.25. The second-order valence-corrected chi connectivity index (χ2v) is 17.9. The van der Waals surface area contributed by atoms with Crippen molar-refractivity contribution in [2.24, 2.45) is 0 Å². The van der Waals surface area contributed by atoms with Crippen molar-refractivity contribution >= 4 is 5.91 Å². The molecule has 0 aliphatic heterocycles. The largest absolute Gasteiger partial charge is 0.394 e.